The first-order valence-corrected chi connectivity index (χ1v) is 6.66. The first-order chi connectivity index (χ1) is 10.4. The van der Waals surface area contributed by atoms with Crippen LogP contribution in [-0.2, 0) is 0 Å². The lowest BCUT2D eigenvalue weighted by Crippen LogP contribution is -2.48. The van der Waals surface area contributed by atoms with Crippen LogP contribution in [0.25, 0.3) is 0 Å². The standard InChI is InChI=1S/C14H16N4O4/c1-9(2)17-12(19)15-10(3)18(14(17)21)16-13(20)22-11-7-5-4-6-8-11/h4-9H,1-3H3,(H,16,20). The maximum atomic E-state index is 12.3. The van der Waals surface area contributed by atoms with Gasteiger partial charge >= 0.3 is 17.5 Å². The number of amides is 1. The average molecular weight is 304 g/mol. The molecule has 0 saturated heterocycles. The summed E-state index contributed by atoms with van der Waals surface area (Å²) in [5.41, 5.74) is 0.927. The van der Waals surface area contributed by atoms with E-state index in [1.807, 2.05) is 0 Å². The molecule has 0 saturated carbocycles. The largest absolute Gasteiger partial charge is 0.432 e. The van der Waals surface area contributed by atoms with Gasteiger partial charge in [0, 0.05) is 6.04 Å². The van der Waals surface area contributed by atoms with Gasteiger partial charge in [0.1, 0.15) is 11.6 Å². The predicted molar refractivity (Wildman–Crippen MR) is 79.7 cm³/mol. The molecule has 2 aromatic rings. The molecule has 116 valence electrons. The molecular formula is C14H16N4O4. The summed E-state index contributed by atoms with van der Waals surface area (Å²) >= 11 is 0. The Hall–Kier alpha value is -2.90. The van der Waals surface area contributed by atoms with Crippen LogP contribution in [0, 0.1) is 6.92 Å². The van der Waals surface area contributed by atoms with Crippen LogP contribution in [-0.4, -0.2) is 20.3 Å². The number of benzene rings is 1. The number of carbonyl (C=O) groups is 1. The van der Waals surface area contributed by atoms with Crippen molar-refractivity contribution in [3.63, 3.8) is 0 Å². The van der Waals surface area contributed by atoms with E-state index in [9.17, 15) is 14.4 Å². The zero-order valence-electron chi connectivity index (χ0n) is 12.4. The highest BCUT2D eigenvalue weighted by Crippen LogP contribution is 2.08. The van der Waals surface area contributed by atoms with Gasteiger partial charge in [-0.3, -0.25) is 0 Å². The van der Waals surface area contributed by atoms with Crippen LogP contribution < -0.4 is 21.5 Å². The van der Waals surface area contributed by atoms with Crippen molar-refractivity contribution in [1.29, 1.82) is 0 Å². The third-order valence-corrected chi connectivity index (χ3v) is 2.86. The fourth-order valence-electron chi connectivity index (χ4n) is 1.85. The van der Waals surface area contributed by atoms with Crippen molar-refractivity contribution >= 4 is 6.09 Å². The van der Waals surface area contributed by atoms with Crippen molar-refractivity contribution in [2.75, 3.05) is 5.43 Å². The molecule has 1 N–H and O–H groups in total. The monoisotopic (exact) mass is 304 g/mol. The molecule has 0 aliphatic rings. The molecule has 0 bridgehead atoms. The van der Waals surface area contributed by atoms with Gasteiger partial charge in [0.25, 0.3) is 0 Å². The molecular weight excluding hydrogens is 288 g/mol. The summed E-state index contributed by atoms with van der Waals surface area (Å²) < 4.78 is 6.86. The van der Waals surface area contributed by atoms with E-state index < -0.39 is 17.5 Å². The molecule has 1 amide bonds. The number of aryl methyl sites for hydroxylation is 1. The van der Waals surface area contributed by atoms with E-state index in [1.54, 1.807) is 44.2 Å². The SMILES string of the molecule is Cc1nc(=O)n(C(C)C)c(=O)n1NC(=O)Oc1ccccc1. The van der Waals surface area contributed by atoms with Gasteiger partial charge in [-0.25, -0.2) is 24.4 Å². The molecule has 0 aliphatic carbocycles. The van der Waals surface area contributed by atoms with Crippen molar-refractivity contribution in [2.45, 2.75) is 26.8 Å². The Morgan fingerprint density at radius 3 is 2.45 bits per heavy atom. The summed E-state index contributed by atoms with van der Waals surface area (Å²) in [6.07, 6.45) is -0.854. The van der Waals surface area contributed by atoms with Crippen LogP contribution in [0.1, 0.15) is 25.7 Å². The van der Waals surface area contributed by atoms with E-state index in [1.165, 1.54) is 6.92 Å². The topological polar surface area (TPSA) is 95.2 Å². The van der Waals surface area contributed by atoms with E-state index in [0.717, 1.165) is 9.24 Å². The van der Waals surface area contributed by atoms with Crippen LogP contribution in [0.5, 0.6) is 5.75 Å². The zero-order chi connectivity index (χ0) is 16.3. The molecule has 2 rings (SSSR count). The molecule has 1 aromatic carbocycles. The Balaban J connectivity index is 2.30. The maximum absolute atomic E-state index is 12.3. The number of rotatable bonds is 3. The molecule has 1 aromatic heterocycles. The minimum absolute atomic E-state index is 0.0666. The summed E-state index contributed by atoms with van der Waals surface area (Å²) in [6.45, 7) is 4.79. The van der Waals surface area contributed by atoms with E-state index in [-0.39, 0.29) is 11.9 Å². The van der Waals surface area contributed by atoms with Crippen molar-refractivity contribution in [2.24, 2.45) is 0 Å². The second kappa shape index (κ2) is 6.25. The third kappa shape index (κ3) is 3.22. The van der Waals surface area contributed by atoms with Gasteiger partial charge in [-0.1, -0.05) is 18.2 Å². The van der Waals surface area contributed by atoms with E-state index in [0.29, 0.717) is 5.75 Å². The van der Waals surface area contributed by atoms with Gasteiger partial charge in [0.15, 0.2) is 0 Å². The first-order valence-electron chi connectivity index (χ1n) is 6.66. The lowest BCUT2D eigenvalue weighted by molar-refractivity contribution is 0.211. The highest BCUT2D eigenvalue weighted by molar-refractivity contribution is 5.78. The number of hydrogen-bond acceptors (Lipinski definition) is 5. The Labute approximate surface area is 126 Å². The first kappa shape index (κ1) is 15.5. The second-order valence-corrected chi connectivity index (χ2v) is 4.84. The maximum Gasteiger partial charge on any atom is 0.432 e. The van der Waals surface area contributed by atoms with E-state index in [4.69, 9.17) is 4.74 Å². The molecule has 0 radical (unpaired) electrons. The lowest BCUT2D eigenvalue weighted by atomic mass is 10.3. The highest BCUT2D eigenvalue weighted by atomic mass is 16.6. The molecule has 0 aliphatic heterocycles. The van der Waals surface area contributed by atoms with Gasteiger partial charge < -0.3 is 4.74 Å². The van der Waals surface area contributed by atoms with Crippen LogP contribution in [0.2, 0.25) is 0 Å². The number of para-hydroxylation sites is 1. The van der Waals surface area contributed by atoms with Gasteiger partial charge in [-0.15, -0.1) is 0 Å². The smallest absolute Gasteiger partial charge is 0.409 e. The van der Waals surface area contributed by atoms with Crippen LogP contribution in [0.4, 0.5) is 4.79 Å². The van der Waals surface area contributed by atoms with Gasteiger partial charge in [-0.05, 0) is 32.9 Å². The number of carbonyl (C=O) groups excluding carboxylic acids is 1. The summed E-state index contributed by atoms with van der Waals surface area (Å²) in [4.78, 5) is 39.5. The van der Waals surface area contributed by atoms with Crippen LogP contribution >= 0.6 is 0 Å². The Bertz CT molecular complexity index is 793. The Morgan fingerprint density at radius 2 is 1.86 bits per heavy atom. The molecule has 0 fully saturated rings. The quantitative estimate of drug-likeness (QED) is 0.914. The van der Waals surface area contributed by atoms with E-state index in [2.05, 4.69) is 10.4 Å². The molecule has 0 spiro atoms. The Morgan fingerprint density at radius 1 is 1.23 bits per heavy atom. The van der Waals surface area contributed by atoms with Crippen molar-refractivity contribution in [1.82, 2.24) is 14.2 Å². The fourth-order valence-corrected chi connectivity index (χ4v) is 1.85. The van der Waals surface area contributed by atoms with E-state index >= 15 is 0 Å². The number of aromatic nitrogens is 3. The molecule has 22 heavy (non-hydrogen) atoms. The van der Waals surface area contributed by atoms with Crippen LogP contribution in [0.3, 0.4) is 0 Å². The molecule has 8 nitrogen and oxygen atoms in total. The highest BCUT2D eigenvalue weighted by Gasteiger charge is 2.15. The summed E-state index contributed by atoms with van der Waals surface area (Å²) in [5.74, 6) is 0.396. The molecule has 1 heterocycles. The fraction of sp³-hybridized carbons (Fsp3) is 0.286. The normalized spacial score (nSPS) is 10.5. The van der Waals surface area contributed by atoms with Crippen molar-refractivity contribution in [3.8, 4) is 5.75 Å². The molecule has 0 unspecified atom stereocenters. The molecule has 0 atom stereocenters. The third-order valence-electron chi connectivity index (χ3n) is 2.86. The minimum atomic E-state index is -0.854. The molecule has 8 heteroatoms. The number of nitrogens with zero attached hydrogens (tertiary/aromatic N) is 3. The minimum Gasteiger partial charge on any atom is -0.409 e. The lowest BCUT2D eigenvalue weighted by Gasteiger charge is -2.14. The van der Waals surface area contributed by atoms with Gasteiger partial charge in [-0.2, -0.15) is 9.66 Å². The van der Waals surface area contributed by atoms with Crippen molar-refractivity contribution in [3.05, 3.63) is 57.1 Å². The second-order valence-electron chi connectivity index (χ2n) is 4.84. The Kier molecular flexibility index (Phi) is 4.40. The number of hydrogen-bond donors (Lipinski definition) is 1. The zero-order valence-corrected chi connectivity index (χ0v) is 12.4. The van der Waals surface area contributed by atoms with Crippen LogP contribution in [0.15, 0.2) is 39.9 Å². The average Bonchev–Trinajstić information content (AvgIpc) is 2.44. The number of nitrogens with one attached hydrogen (secondary N) is 1. The summed E-state index contributed by atoms with van der Waals surface area (Å²) in [5, 5.41) is 0. The van der Waals surface area contributed by atoms with Gasteiger partial charge in [0.05, 0.1) is 0 Å². The predicted octanol–water partition coefficient (Wildman–Crippen LogP) is 1.04. The van der Waals surface area contributed by atoms with Gasteiger partial charge in [0.2, 0.25) is 0 Å². The summed E-state index contributed by atoms with van der Waals surface area (Å²) in [7, 11) is 0. The van der Waals surface area contributed by atoms with Crippen molar-refractivity contribution < 1.29 is 9.53 Å². The number of ether oxygens (including phenoxy) is 1. The summed E-state index contributed by atoms with van der Waals surface area (Å²) in [6, 6.07) is 8.01.